The van der Waals surface area contributed by atoms with Crippen molar-refractivity contribution in [3.8, 4) is 0 Å². The third-order valence-corrected chi connectivity index (χ3v) is 3.54. The van der Waals surface area contributed by atoms with Crippen molar-refractivity contribution in [3.63, 3.8) is 0 Å². The molecule has 19 heavy (non-hydrogen) atoms. The number of rotatable bonds is 6. The number of halogens is 1. The van der Waals surface area contributed by atoms with Crippen LogP contribution in [0.5, 0.6) is 0 Å². The van der Waals surface area contributed by atoms with Gasteiger partial charge in [0.25, 0.3) is 0 Å². The first-order chi connectivity index (χ1) is 9.22. The molecule has 0 unspecified atom stereocenters. The zero-order chi connectivity index (χ0) is 13.7. The molecule has 1 aromatic heterocycles. The maximum Gasteiger partial charge on any atom is 0.0867 e. The van der Waals surface area contributed by atoms with Gasteiger partial charge in [0.1, 0.15) is 0 Å². The first-order valence-corrected chi connectivity index (χ1v) is 7.39. The van der Waals surface area contributed by atoms with Crippen LogP contribution in [0.4, 0.5) is 5.69 Å². The number of hydrogen-bond acceptors (Lipinski definition) is 3. The van der Waals surface area contributed by atoms with E-state index in [1.54, 1.807) is 0 Å². The SMILES string of the molecule is CCOCCCNc1cc(C)nc2c(Br)cccc12. The van der Waals surface area contributed by atoms with Crippen molar-refractivity contribution in [2.24, 2.45) is 0 Å². The number of para-hydroxylation sites is 1. The van der Waals surface area contributed by atoms with E-state index in [2.05, 4.69) is 38.4 Å². The lowest BCUT2D eigenvalue weighted by Crippen LogP contribution is -2.06. The predicted molar refractivity (Wildman–Crippen MR) is 83.8 cm³/mol. The average Bonchev–Trinajstić information content (AvgIpc) is 2.39. The van der Waals surface area contributed by atoms with Crippen LogP contribution in [0.15, 0.2) is 28.7 Å². The van der Waals surface area contributed by atoms with Gasteiger partial charge in [-0.25, -0.2) is 0 Å². The van der Waals surface area contributed by atoms with Gasteiger partial charge in [-0.15, -0.1) is 0 Å². The number of aryl methyl sites for hydroxylation is 1. The Morgan fingerprint density at radius 2 is 2.21 bits per heavy atom. The molecule has 0 radical (unpaired) electrons. The van der Waals surface area contributed by atoms with Crippen molar-refractivity contribution in [2.75, 3.05) is 25.1 Å². The van der Waals surface area contributed by atoms with E-state index >= 15 is 0 Å². The second kappa shape index (κ2) is 6.87. The van der Waals surface area contributed by atoms with Gasteiger partial charge in [-0.3, -0.25) is 4.98 Å². The summed E-state index contributed by atoms with van der Waals surface area (Å²) in [5.74, 6) is 0. The summed E-state index contributed by atoms with van der Waals surface area (Å²) < 4.78 is 6.38. The van der Waals surface area contributed by atoms with Gasteiger partial charge >= 0.3 is 0 Å². The van der Waals surface area contributed by atoms with E-state index < -0.39 is 0 Å². The van der Waals surface area contributed by atoms with E-state index in [1.807, 2.05) is 26.0 Å². The van der Waals surface area contributed by atoms with E-state index in [0.29, 0.717) is 0 Å². The fourth-order valence-electron chi connectivity index (χ4n) is 2.03. The smallest absolute Gasteiger partial charge is 0.0867 e. The van der Waals surface area contributed by atoms with E-state index in [-0.39, 0.29) is 0 Å². The van der Waals surface area contributed by atoms with Crippen molar-refractivity contribution in [3.05, 3.63) is 34.4 Å². The van der Waals surface area contributed by atoms with Crippen LogP contribution in [0, 0.1) is 6.92 Å². The Kier molecular flexibility index (Phi) is 5.16. The molecule has 2 aromatic rings. The quantitative estimate of drug-likeness (QED) is 0.811. The van der Waals surface area contributed by atoms with Crippen LogP contribution in [-0.4, -0.2) is 24.7 Å². The highest BCUT2D eigenvalue weighted by Gasteiger charge is 2.06. The Morgan fingerprint density at radius 3 is 3.00 bits per heavy atom. The molecule has 2 rings (SSSR count). The summed E-state index contributed by atoms with van der Waals surface area (Å²) in [6.07, 6.45) is 1.00. The molecule has 0 aliphatic heterocycles. The molecular formula is C15H19BrN2O. The minimum atomic E-state index is 0.782. The van der Waals surface area contributed by atoms with Crippen LogP contribution < -0.4 is 5.32 Å². The minimum Gasteiger partial charge on any atom is -0.384 e. The molecule has 0 atom stereocenters. The van der Waals surface area contributed by atoms with Gasteiger partial charge in [0.15, 0.2) is 0 Å². The fraction of sp³-hybridized carbons (Fsp3) is 0.400. The normalized spacial score (nSPS) is 10.9. The predicted octanol–water partition coefficient (Wildman–Crippen LogP) is 4.14. The van der Waals surface area contributed by atoms with Gasteiger partial charge in [-0.05, 0) is 48.3 Å². The molecular weight excluding hydrogens is 304 g/mol. The maximum absolute atomic E-state index is 5.34. The van der Waals surface area contributed by atoms with Crippen molar-refractivity contribution in [1.82, 2.24) is 4.98 Å². The second-order valence-electron chi connectivity index (χ2n) is 4.42. The number of fused-ring (bicyclic) bond motifs is 1. The zero-order valence-electron chi connectivity index (χ0n) is 11.4. The molecule has 0 saturated carbocycles. The molecule has 0 aliphatic carbocycles. The Balaban J connectivity index is 2.16. The summed E-state index contributed by atoms with van der Waals surface area (Å²) in [5, 5.41) is 4.62. The van der Waals surface area contributed by atoms with E-state index in [4.69, 9.17) is 4.74 Å². The zero-order valence-corrected chi connectivity index (χ0v) is 13.0. The molecule has 0 bridgehead atoms. The van der Waals surface area contributed by atoms with Gasteiger partial charge in [0.2, 0.25) is 0 Å². The van der Waals surface area contributed by atoms with Gasteiger partial charge in [0.05, 0.1) is 5.52 Å². The molecule has 0 saturated heterocycles. The highest BCUT2D eigenvalue weighted by atomic mass is 79.9. The van der Waals surface area contributed by atoms with Crippen molar-refractivity contribution < 1.29 is 4.74 Å². The summed E-state index contributed by atoms with van der Waals surface area (Å²) in [5.41, 5.74) is 3.17. The third kappa shape index (κ3) is 3.67. The summed E-state index contributed by atoms with van der Waals surface area (Å²) >= 11 is 3.56. The van der Waals surface area contributed by atoms with Gasteiger partial charge in [0, 0.05) is 41.0 Å². The minimum absolute atomic E-state index is 0.782. The van der Waals surface area contributed by atoms with Crippen molar-refractivity contribution >= 4 is 32.5 Å². The number of pyridine rings is 1. The monoisotopic (exact) mass is 322 g/mol. The lowest BCUT2D eigenvalue weighted by molar-refractivity contribution is 0.147. The summed E-state index contributed by atoms with van der Waals surface area (Å²) in [6.45, 7) is 6.53. The summed E-state index contributed by atoms with van der Waals surface area (Å²) in [7, 11) is 0. The van der Waals surface area contributed by atoms with Crippen molar-refractivity contribution in [2.45, 2.75) is 20.3 Å². The largest absolute Gasteiger partial charge is 0.384 e. The molecule has 102 valence electrons. The Morgan fingerprint density at radius 1 is 1.37 bits per heavy atom. The van der Waals surface area contributed by atoms with E-state index in [9.17, 15) is 0 Å². The number of anilines is 1. The summed E-state index contributed by atoms with van der Waals surface area (Å²) in [6, 6.07) is 8.25. The summed E-state index contributed by atoms with van der Waals surface area (Å²) in [4.78, 5) is 4.58. The Hall–Kier alpha value is -1.13. The van der Waals surface area contributed by atoms with Crippen LogP contribution in [0.1, 0.15) is 19.0 Å². The number of aromatic nitrogens is 1. The van der Waals surface area contributed by atoms with E-state index in [1.165, 1.54) is 0 Å². The molecule has 4 heteroatoms. The van der Waals surface area contributed by atoms with Gasteiger partial charge in [-0.1, -0.05) is 12.1 Å². The lowest BCUT2D eigenvalue weighted by atomic mass is 10.1. The van der Waals surface area contributed by atoms with Crippen LogP contribution >= 0.6 is 15.9 Å². The van der Waals surface area contributed by atoms with Gasteiger partial charge in [-0.2, -0.15) is 0 Å². The first kappa shape index (κ1) is 14.3. The fourth-order valence-corrected chi connectivity index (χ4v) is 2.48. The first-order valence-electron chi connectivity index (χ1n) is 6.60. The van der Waals surface area contributed by atoms with Crippen LogP contribution in [0.2, 0.25) is 0 Å². The number of nitrogens with zero attached hydrogens (tertiary/aromatic N) is 1. The number of benzene rings is 1. The molecule has 0 aliphatic rings. The third-order valence-electron chi connectivity index (χ3n) is 2.90. The number of ether oxygens (including phenoxy) is 1. The number of nitrogens with one attached hydrogen (secondary N) is 1. The molecule has 1 aromatic carbocycles. The molecule has 0 amide bonds. The van der Waals surface area contributed by atoms with Crippen LogP contribution in [0.3, 0.4) is 0 Å². The molecule has 0 spiro atoms. The topological polar surface area (TPSA) is 34.1 Å². The second-order valence-corrected chi connectivity index (χ2v) is 5.28. The van der Waals surface area contributed by atoms with Gasteiger partial charge < -0.3 is 10.1 Å². The lowest BCUT2D eigenvalue weighted by Gasteiger charge is -2.11. The Bertz CT molecular complexity index is 557. The van der Waals surface area contributed by atoms with E-state index in [0.717, 1.165) is 52.9 Å². The van der Waals surface area contributed by atoms with Crippen LogP contribution in [0.25, 0.3) is 10.9 Å². The van der Waals surface area contributed by atoms with Crippen LogP contribution in [-0.2, 0) is 4.74 Å². The Labute approximate surface area is 122 Å². The molecule has 3 nitrogen and oxygen atoms in total. The number of hydrogen-bond donors (Lipinski definition) is 1. The van der Waals surface area contributed by atoms with Crippen molar-refractivity contribution in [1.29, 1.82) is 0 Å². The maximum atomic E-state index is 5.34. The molecule has 1 heterocycles. The standard InChI is InChI=1S/C15H19BrN2O/c1-3-19-9-5-8-17-14-10-11(2)18-15-12(14)6-4-7-13(15)16/h4,6-7,10H,3,5,8-9H2,1-2H3,(H,17,18). The highest BCUT2D eigenvalue weighted by molar-refractivity contribution is 9.10. The average molecular weight is 323 g/mol. The highest BCUT2D eigenvalue weighted by Crippen LogP contribution is 2.28. The molecule has 1 N–H and O–H groups in total. The molecule has 0 fully saturated rings.